The summed E-state index contributed by atoms with van der Waals surface area (Å²) in [4.78, 5) is 24.0. The van der Waals surface area contributed by atoms with Crippen molar-refractivity contribution in [1.29, 1.82) is 0 Å². The van der Waals surface area contributed by atoms with Crippen molar-refractivity contribution in [3.05, 3.63) is 53.0 Å². The van der Waals surface area contributed by atoms with Crippen molar-refractivity contribution in [2.24, 2.45) is 0 Å². The average Bonchev–Trinajstić information content (AvgIpc) is 2.93. The quantitative estimate of drug-likeness (QED) is 0.602. The van der Waals surface area contributed by atoms with Gasteiger partial charge in [-0.25, -0.2) is 13.6 Å². The van der Waals surface area contributed by atoms with Gasteiger partial charge in [0.2, 0.25) is 5.91 Å². The molecule has 0 aliphatic carbocycles. The first kappa shape index (κ1) is 21.3. The van der Waals surface area contributed by atoms with Crippen molar-refractivity contribution in [2.45, 2.75) is 25.8 Å². The third-order valence-electron chi connectivity index (χ3n) is 3.99. The van der Waals surface area contributed by atoms with Gasteiger partial charge in [-0.05, 0) is 35.4 Å². The number of oxazole rings is 1. The van der Waals surface area contributed by atoms with Gasteiger partial charge in [0.15, 0.2) is 5.58 Å². The number of carbonyl (C=O) groups is 1. The highest BCUT2D eigenvalue weighted by molar-refractivity contribution is 5.83. The highest BCUT2D eigenvalue weighted by atomic mass is 19.4. The number of carbonyl (C=O) groups excluding carboxylic acids is 1. The molecule has 1 aromatic heterocycles. The standard InChI is InChI=1S/C19H15F5N2O4/c1-18(20,21)10-25-16(27)9-26-14-8-12(4-7-15(14)29-17(26)28)11-2-5-13(6-3-11)30-19(22,23)24/h2-8H,9-10H2,1H3,(H,25,27). The van der Waals surface area contributed by atoms with Crippen LogP contribution in [0.25, 0.3) is 22.2 Å². The number of fused-ring (bicyclic) bond motifs is 1. The maximum absolute atomic E-state index is 12.9. The molecule has 0 radical (unpaired) electrons. The minimum Gasteiger partial charge on any atom is -0.408 e. The van der Waals surface area contributed by atoms with Gasteiger partial charge in [0.1, 0.15) is 12.3 Å². The Morgan fingerprint density at radius 2 is 1.70 bits per heavy atom. The molecule has 1 amide bonds. The molecular formula is C19H15F5N2O4. The number of amides is 1. The van der Waals surface area contributed by atoms with E-state index in [0.29, 0.717) is 18.1 Å². The molecule has 1 heterocycles. The van der Waals surface area contributed by atoms with Crippen LogP contribution in [0.15, 0.2) is 51.7 Å². The van der Waals surface area contributed by atoms with E-state index in [-0.39, 0.29) is 11.1 Å². The van der Waals surface area contributed by atoms with Crippen molar-refractivity contribution in [1.82, 2.24) is 9.88 Å². The van der Waals surface area contributed by atoms with E-state index < -0.39 is 42.8 Å². The highest BCUT2D eigenvalue weighted by Crippen LogP contribution is 2.28. The zero-order chi connectivity index (χ0) is 22.1. The highest BCUT2D eigenvalue weighted by Gasteiger charge is 2.31. The monoisotopic (exact) mass is 430 g/mol. The molecule has 11 heteroatoms. The number of ether oxygens (including phenoxy) is 1. The smallest absolute Gasteiger partial charge is 0.408 e. The van der Waals surface area contributed by atoms with Crippen LogP contribution in [0.2, 0.25) is 0 Å². The second-order valence-electron chi connectivity index (χ2n) is 6.56. The molecule has 0 spiro atoms. The van der Waals surface area contributed by atoms with Crippen molar-refractivity contribution in [3.63, 3.8) is 0 Å². The van der Waals surface area contributed by atoms with Crippen LogP contribution in [0.3, 0.4) is 0 Å². The molecule has 0 saturated carbocycles. The summed E-state index contributed by atoms with van der Waals surface area (Å²) in [6, 6.07) is 9.58. The predicted molar refractivity (Wildman–Crippen MR) is 96.2 cm³/mol. The fourth-order valence-corrected chi connectivity index (χ4v) is 2.69. The van der Waals surface area contributed by atoms with Crippen LogP contribution in [-0.2, 0) is 11.3 Å². The second kappa shape index (κ2) is 7.81. The topological polar surface area (TPSA) is 73.5 Å². The maximum atomic E-state index is 12.9. The van der Waals surface area contributed by atoms with E-state index in [1.807, 2.05) is 5.32 Å². The first-order valence-electron chi connectivity index (χ1n) is 8.55. The summed E-state index contributed by atoms with van der Waals surface area (Å²) < 4.78 is 72.4. The molecule has 6 nitrogen and oxygen atoms in total. The lowest BCUT2D eigenvalue weighted by atomic mass is 10.1. The first-order chi connectivity index (χ1) is 13.9. The fourth-order valence-electron chi connectivity index (χ4n) is 2.69. The van der Waals surface area contributed by atoms with Gasteiger partial charge < -0.3 is 14.5 Å². The number of nitrogens with zero attached hydrogens (tertiary/aromatic N) is 1. The van der Waals surface area contributed by atoms with E-state index in [1.165, 1.54) is 24.3 Å². The Bertz CT molecular complexity index is 1110. The number of alkyl halides is 5. The van der Waals surface area contributed by atoms with Gasteiger partial charge in [-0.1, -0.05) is 18.2 Å². The van der Waals surface area contributed by atoms with Crippen molar-refractivity contribution in [3.8, 4) is 16.9 Å². The van der Waals surface area contributed by atoms with E-state index in [1.54, 1.807) is 6.07 Å². The van der Waals surface area contributed by atoms with Crippen molar-refractivity contribution in [2.75, 3.05) is 6.54 Å². The van der Waals surface area contributed by atoms with E-state index in [2.05, 4.69) is 4.74 Å². The van der Waals surface area contributed by atoms with Crippen LogP contribution in [0.4, 0.5) is 22.0 Å². The molecule has 0 unspecified atom stereocenters. The van der Waals surface area contributed by atoms with Crippen molar-refractivity contribution < 1.29 is 35.9 Å². The van der Waals surface area contributed by atoms with Crippen LogP contribution >= 0.6 is 0 Å². The zero-order valence-electron chi connectivity index (χ0n) is 15.4. The minimum absolute atomic E-state index is 0.161. The van der Waals surface area contributed by atoms with E-state index >= 15 is 0 Å². The third kappa shape index (κ3) is 5.37. The largest absolute Gasteiger partial charge is 0.573 e. The molecule has 0 aliphatic rings. The lowest BCUT2D eigenvalue weighted by molar-refractivity contribution is -0.274. The predicted octanol–water partition coefficient (Wildman–Crippen LogP) is 3.93. The van der Waals surface area contributed by atoms with Gasteiger partial charge in [-0.15, -0.1) is 13.2 Å². The fraction of sp³-hybridized carbons (Fsp3) is 0.263. The van der Waals surface area contributed by atoms with Gasteiger partial charge in [-0.3, -0.25) is 9.36 Å². The molecule has 0 aliphatic heterocycles. The molecular weight excluding hydrogens is 415 g/mol. The van der Waals surface area contributed by atoms with Gasteiger partial charge in [0.25, 0.3) is 5.92 Å². The second-order valence-corrected chi connectivity index (χ2v) is 6.56. The van der Waals surface area contributed by atoms with Crippen LogP contribution in [-0.4, -0.2) is 29.3 Å². The SMILES string of the molecule is CC(F)(F)CNC(=O)Cn1c(=O)oc2ccc(-c3ccc(OC(F)(F)F)cc3)cc21. The van der Waals surface area contributed by atoms with Crippen molar-refractivity contribution >= 4 is 17.0 Å². The summed E-state index contributed by atoms with van der Waals surface area (Å²) in [5.41, 5.74) is 1.43. The van der Waals surface area contributed by atoms with Crippen LogP contribution in [0.5, 0.6) is 5.75 Å². The molecule has 0 fully saturated rings. The Labute approximate surface area is 165 Å². The zero-order valence-corrected chi connectivity index (χ0v) is 15.4. The van der Waals surface area contributed by atoms with Crippen LogP contribution < -0.4 is 15.8 Å². The lowest BCUT2D eigenvalue weighted by Gasteiger charge is -2.11. The summed E-state index contributed by atoms with van der Waals surface area (Å²) in [7, 11) is 0. The first-order valence-corrected chi connectivity index (χ1v) is 8.55. The van der Waals surface area contributed by atoms with Gasteiger partial charge in [-0.2, -0.15) is 0 Å². The Morgan fingerprint density at radius 1 is 1.07 bits per heavy atom. The van der Waals surface area contributed by atoms with Gasteiger partial charge in [0.05, 0.1) is 12.1 Å². The number of aromatic nitrogens is 1. The summed E-state index contributed by atoms with van der Waals surface area (Å²) in [6.07, 6.45) is -4.81. The number of nitrogens with one attached hydrogen (secondary N) is 1. The number of benzene rings is 2. The summed E-state index contributed by atoms with van der Waals surface area (Å²) in [6.45, 7) is -0.776. The molecule has 160 valence electrons. The molecule has 0 atom stereocenters. The normalized spacial score (nSPS) is 12.2. The molecule has 2 aromatic carbocycles. The minimum atomic E-state index is -4.81. The molecule has 3 aromatic rings. The Balaban J connectivity index is 1.86. The molecule has 1 N–H and O–H groups in total. The average molecular weight is 430 g/mol. The van der Waals surface area contributed by atoms with Crippen LogP contribution in [0, 0.1) is 0 Å². The van der Waals surface area contributed by atoms with Gasteiger partial charge >= 0.3 is 12.1 Å². The summed E-state index contributed by atoms with van der Waals surface area (Å²) in [5.74, 6) is -5.15. The molecule has 30 heavy (non-hydrogen) atoms. The van der Waals surface area contributed by atoms with E-state index in [4.69, 9.17) is 4.42 Å². The third-order valence-corrected chi connectivity index (χ3v) is 3.99. The number of hydrogen-bond acceptors (Lipinski definition) is 4. The lowest BCUT2D eigenvalue weighted by Crippen LogP contribution is -2.37. The van der Waals surface area contributed by atoms with E-state index in [9.17, 15) is 31.5 Å². The number of rotatable bonds is 6. The Kier molecular flexibility index (Phi) is 5.55. The summed E-state index contributed by atoms with van der Waals surface area (Å²) in [5, 5.41) is 2.03. The molecule has 0 saturated heterocycles. The maximum Gasteiger partial charge on any atom is 0.573 e. The number of halogens is 5. The number of hydrogen-bond donors (Lipinski definition) is 1. The van der Waals surface area contributed by atoms with E-state index in [0.717, 1.165) is 16.7 Å². The van der Waals surface area contributed by atoms with Gasteiger partial charge in [0, 0.05) is 6.92 Å². The molecule has 3 rings (SSSR count). The summed E-state index contributed by atoms with van der Waals surface area (Å²) >= 11 is 0. The Morgan fingerprint density at radius 3 is 2.30 bits per heavy atom. The molecule has 0 bridgehead atoms. The van der Waals surface area contributed by atoms with Crippen LogP contribution in [0.1, 0.15) is 6.92 Å². The Hall–Kier alpha value is -3.37.